The van der Waals surface area contributed by atoms with E-state index in [1.165, 1.54) is 0 Å². The normalized spacial score (nSPS) is 11.8. The molecule has 0 bridgehead atoms. The maximum atomic E-state index is 11.4. The summed E-state index contributed by atoms with van der Waals surface area (Å²) in [6.45, 7) is -0.387. The van der Waals surface area contributed by atoms with Crippen LogP contribution < -0.4 is 0 Å². The van der Waals surface area contributed by atoms with E-state index in [1.54, 1.807) is 0 Å². The Hall–Kier alpha value is 0.170. The Kier molecular flexibility index (Phi) is 4.99. The van der Waals surface area contributed by atoms with E-state index in [4.69, 9.17) is 10.7 Å². The van der Waals surface area contributed by atoms with Crippen molar-refractivity contribution < 1.29 is 12.8 Å². The zero-order valence-corrected chi connectivity index (χ0v) is 7.09. The van der Waals surface area contributed by atoms with Crippen LogP contribution in [0.15, 0.2) is 0 Å². The molecule has 10 heavy (non-hydrogen) atoms. The first-order valence-corrected chi connectivity index (χ1v) is 5.52. The summed E-state index contributed by atoms with van der Waals surface area (Å²) in [6, 6.07) is 0. The molecule has 0 heterocycles. The Balaban J connectivity index is 3.21. The van der Waals surface area contributed by atoms with Crippen LogP contribution in [0.5, 0.6) is 0 Å². The van der Waals surface area contributed by atoms with Gasteiger partial charge in [-0.3, -0.25) is 4.39 Å². The highest BCUT2D eigenvalue weighted by Gasteiger charge is 2.02. The van der Waals surface area contributed by atoms with Crippen molar-refractivity contribution in [1.82, 2.24) is 0 Å². The van der Waals surface area contributed by atoms with Gasteiger partial charge < -0.3 is 0 Å². The summed E-state index contributed by atoms with van der Waals surface area (Å²) in [5.41, 5.74) is 0. The van der Waals surface area contributed by atoms with Gasteiger partial charge in [0, 0.05) is 10.7 Å². The highest BCUT2D eigenvalue weighted by Crippen LogP contribution is 2.03. The number of unbranched alkanes of at least 4 members (excludes halogenated alkanes) is 2. The van der Waals surface area contributed by atoms with Crippen molar-refractivity contribution in [1.29, 1.82) is 0 Å². The maximum Gasteiger partial charge on any atom is 0.232 e. The van der Waals surface area contributed by atoms with Crippen molar-refractivity contribution in [2.45, 2.75) is 19.3 Å². The minimum Gasteiger partial charge on any atom is -0.251 e. The standard InChI is InChI=1S/C5H10ClFO2S/c6-10(8,9)5-3-1-2-4-7/h1-5H2. The van der Waals surface area contributed by atoms with Gasteiger partial charge in [-0.25, -0.2) is 8.42 Å². The fraction of sp³-hybridized carbons (Fsp3) is 1.00. The van der Waals surface area contributed by atoms with Crippen LogP contribution in [0.4, 0.5) is 4.39 Å². The van der Waals surface area contributed by atoms with E-state index in [0.29, 0.717) is 19.3 Å². The Morgan fingerprint density at radius 1 is 1.20 bits per heavy atom. The second kappa shape index (κ2) is 4.91. The number of rotatable bonds is 5. The third kappa shape index (κ3) is 8.17. The molecule has 0 N–H and O–H groups in total. The first-order chi connectivity index (χ1) is 4.56. The van der Waals surface area contributed by atoms with Crippen LogP contribution in [0.2, 0.25) is 0 Å². The molecule has 0 aliphatic rings. The molecular formula is C5H10ClFO2S. The second-order valence-corrected chi connectivity index (χ2v) is 4.89. The van der Waals surface area contributed by atoms with Gasteiger partial charge in [-0.2, -0.15) is 0 Å². The molecule has 0 atom stereocenters. The van der Waals surface area contributed by atoms with Gasteiger partial charge in [-0.15, -0.1) is 0 Å². The summed E-state index contributed by atoms with van der Waals surface area (Å²) in [4.78, 5) is 0. The SMILES string of the molecule is O=S(=O)(Cl)CCCCCF. The van der Waals surface area contributed by atoms with Crippen molar-refractivity contribution in [2.24, 2.45) is 0 Å². The zero-order valence-electron chi connectivity index (χ0n) is 5.52. The largest absolute Gasteiger partial charge is 0.251 e. The monoisotopic (exact) mass is 188 g/mol. The minimum atomic E-state index is -3.35. The second-order valence-electron chi connectivity index (χ2n) is 1.99. The topological polar surface area (TPSA) is 34.1 Å². The predicted octanol–water partition coefficient (Wildman–Crippen LogP) is 1.69. The highest BCUT2D eigenvalue weighted by atomic mass is 35.7. The van der Waals surface area contributed by atoms with Crippen molar-refractivity contribution in [3.05, 3.63) is 0 Å². The lowest BCUT2D eigenvalue weighted by Crippen LogP contribution is -1.96. The molecule has 0 aromatic carbocycles. The van der Waals surface area contributed by atoms with Crippen molar-refractivity contribution in [3.8, 4) is 0 Å². The average Bonchev–Trinajstić information content (AvgIpc) is 1.78. The highest BCUT2D eigenvalue weighted by molar-refractivity contribution is 8.13. The van der Waals surface area contributed by atoms with Gasteiger partial charge in [0.05, 0.1) is 12.4 Å². The summed E-state index contributed by atoms with van der Waals surface area (Å²) in [5.74, 6) is -0.0471. The third-order valence-corrected chi connectivity index (χ3v) is 2.26. The Bertz CT molecular complexity index is 166. The summed E-state index contributed by atoms with van der Waals surface area (Å²) < 4.78 is 32.0. The molecule has 0 rings (SSSR count). The number of halogens is 2. The van der Waals surface area contributed by atoms with E-state index in [9.17, 15) is 12.8 Å². The summed E-state index contributed by atoms with van der Waals surface area (Å²) in [7, 11) is 1.54. The molecule has 0 aliphatic carbocycles. The van der Waals surface area contributed by atoms with Gasteiger partial charge in [0.1, 0.15) is 0 Å². The van der Waals surface area contributed by atoms with Crippen LogP contribution in [-0.2, 0) is 9.05 Å². The van der Waals surface area contributed by atoms with Crippen LogP contribution in [0, 0.1) is 0 Å². The lowest BCUT2D eigenvalue weighted by Gasteiger charge is -1.93. The van der Waals surface area contributed by atoms with Crippen LogP contribution in [-0.4, -0.2) is 20.8 Å². The molecule has 0 aromatic heterocycles. The van der Waals surface area contributed by atoms with E-state index < -0.39 is 9.05 Å². The van der Waals surface area contributed by atoms with Crippen molar-refractivity contribution >= 4 is 19.7 Å². The molecule has 62 valence electrons. The van der Waals surface area contributed by atoms with E-state index in [0.717, 1.165) is 0 Å². The molecule has 0 aliphatic heterocycles. The van der Waals surface area contributed by atoms with E-state index in [2.05, 4.69) is 0 Å². The lowest BCUT2D eigenvalue weighted by molar-refractivity contribution is 0.460. The minimum absolute atomic E-state index is 0.0471. The van der Waals surface area contributed by atoms with Crippen LogP contribution >= 0.6 is 10.7 Å². The molecule has 0 saturated carbocycles. The Morgan fingerprint density at radius 2 is 1.80 bits per heavy atom. The summed E-state index contributed by atoms with van der Waals surface area (Å²) in [6.07, 6.45) is 1.46. The first-order valence-electron chi connectivity index (χ1n) is 3.04. The lowest BCUT2D eigenvalue weighted by atomic mass is 10.3. The van der Waals surface area contributed by atoms with Crippen molar-refractivity contribution in [3.63, 3.8) is 0 Å². The van der Waals surface area contributed by atoms with Gasteiger partial charge in [0.25, 0.3) is 0 Å². The molecular weight excluding hydrogens is 179 g/mol. The maximum absolute atomic E-state index is 11.4. The van der Waals surface area contributed by atoms with Crippen molar-refractivity contribution in [2.75, 3.05) is 12.4 Å². The molecule has 2 nitrogen and oxygen atoms in total. The molecule has 0 radical (unpaired) electrons. The van der Waals surface area contributed by atoms with E-state index >= 15 is 0 Å². The van der Waals surface area contributed by atoms with Crippen LogP contribution in [0.3, 0.4) is 0 Å². The van der Waals surface area contributed by atoms with Crippen LogP contribution in [0.1, 0.15) is 19.3 Å². The predicted molar refractivity (Wildman–Crippen MR) is 39.5 cm³/mol. The third-order valence-electron chi connectivity index (χ3n) is 1.02. The summed E-state index contributed by atoms with van der Waals surface area (Å²) in [5, 5.41) is 0. The quantitative estimate of drug-likeness (QED) is 0.486. The molecule has 0 unspecified atom stereocenters. The Labute approximate surface area is 64.8 Å². The zero-order chi connectivity index (χ0) is 8.04. The van der Waals surface area contributed by atoms with E-state index in [1.807, 2.05) is 0 Å². The molecule has 0 spiro atoms. The molecule has 5 heteroatoms. The van der Waals surface area contributed by atoms with Gasteiger partial charge >= 0.3 is 0 Å². The number of hydrogen-bond donors (Lipinski definition) is 0. The molecule has 0 amide bonds. The fourth-order valence-corrected chi connectivity index (χ4v) is 1.42. The van der Waals surface area contributed by atoms with Gasteiger partial charge in [-0.05, 0) is 19.3 Å². The molecule has 0 aromatic rings. The van der Waals surface area contributed by atoms with Crippen LogP contribution in [0.25, 0.3) is 0 Å². The number of hydrogen-bond acceptors (Lipinski definition) is 2. The number of alkyl halides is 1. The fourth-order valence-electron chi connectivity index (χ4n) is 0.546. The Morgan fingerprint density at radius 3 is 2.20 bits per heavy atom. The first kappa shape index (κ1) is 10.2. The molecule has 0 fully saturated rings. The van der Waals surface area contributed by atoms with E-state index in [-0.39, 0.29) is 12.4 Å². The molecule has 0 saturated heterocycles. The smallest absolute Gasteiger partial charge is 0.232 e. The van der Waals surface area contributed by atoms with Gasteiger partial charge in [0.2, 0.25) is 9.05 Å². The average molecular weight is 189 g/mol. The van der Waals surface area contributed by atoms with Gasteiger partial charge in [0.15, 0.2) is 0 Å². The summed E-state index contributed by atoms with van der Waals surface area (Å²) >= 11 is 0. The van der Waals surface area contributed by atoms with Gasteiger partial charge in [-0.1, -0.05) is 0 Å².